The van der Waals surface area contributed by atoms with E-state index in [1.165, 1.54) is 11.1 Å². The van der Waals surface area contributed by atoms with Crippen LogP contribution in [0.15, 0.2) is 24.3 Å². The lowest BCUT2D eigenvalue weighted by Crippen LogP contribution is -2.08. The van der Waals surface area contributed by atoms with Gasteiger partial charge in [-0.2, -0.15) is 0 Å². The van der Waals surface area contributed by atoms with Crippen molar-refractivity contribution >= 4 is 11.6 Å². The van der Waals surface area contributed by atoms with Crippen LogP contribution in [-0.4, -0.2) is 5.38 Å². The van der Waals surface area contributed by atoms with Gasteiger partial charge in [0.25, 0.3) is 0 Å². The number of hydrogen-bond donors (Lipinski definition) is 0. The maximum absolute atomic E-state index is 6.25. The van der Waals surface area contributed by atoms with Crippen LogP contribution in [0.2, 0.25) is 0 Å². The number of hydrogen-bond acceptors (Lipinski definition) is 0. The molecule has 0 heterocycles. The molecular formula is C14H21Cl. The summed E-state index contributed by atoms with van der Waals surface area (Å²) in [4.78, 5) is 0. The summed E-state index contributed by atoms with van der Waals surface area (Å²) < 4.78 is 0. The largest absolute Gasteiger partial charge is 0.122 e. The Morgan fingerprint density at radius 2 is 1.47 bits per heavy atom. The average Bonchev–Trinajstić information content (AvgIpc) is 2.27. The molecule has 0 spiro atoms. The van der Waals surface area contributed by atoms with Gasteiger partial charge in [0.1, 0.15) is 0 Å². The molecule has 15 heavy (non-hydrogen) atoms. The molecule has 0 saturated heterocycles. The third-order valence-corrected chi connectivity index (χ3v) is 3.75. The summed E-state index contributed by atoms with van der Waals surface area (Å²) in [6.45, 7) is 8.77. The Hall–Kier alpha value is -0.490. The molecule has 2 unspecified atom stereocenters. The van der Waals surface area contributed by atoms with Gasteiger partial charge in [-0.3, -0.25) is 0 Å². The molecule has 0 bridgehead atoms. The fourth-order valence-electron chi connectivity index (χ4n) is 1.75. The highest BCUT2D eigenvalue weighted by molar-refractivity contribution is 6.21. The van der Waals surface area contributed by atoms with Crippen molar-refractivity contribution in [3.63, 3.8) is 0 Å². The maximum atomic E-state index is 6.25. The zero-order chi connectivity index (χ0) is 11.4. The van der Waals surface area contributed by atoms with Crippen LogP contribution in [0.5, 0.6) is 0 Å². The molecule has 1 aromatic rings. The van der Waals surface area contributed by atoms with E-state index >= 15 is 0 Å². The molecule has 0 saturated carbocycles. The minimum absolute atomic E-state index is 0.245. The van der Waals surface area contributed by atoms with Crippen LogP contribution in [0.25, 0.3) is 0 Å². The van der Waals surface area contributed by atoms with Crippen molar-refractivity contribution < 1.29 is 0 Å². The third-order valence-electron chi connectivity index (χ3n) is 3.06. The Morgan fingerprint density at radius 3 is 1.87 bits per heavy atom. The van der Waals surface area contributed by atoms with E-state index in [9.17, 15) is 0 Å². The van der Waals surface area contributed by atoms with Crippen LogP contribution < -0.4 is 0 Å². The fourth-order valence-corrected chi connectivity index (χ4v) is 1.89. The van der Waals surface area contributed by atoms with Gasteiger partial charge in [0, 0.05) is 5.38 Å². The van der Waals surface area contributed by atoms with Crippen molar-refractivity contribution in [2.75, 3.05) is 0 Å². The van der Waals surface area contributed by atoms with Gasteiger partial charge < -0.3 is 0 Å². The number of halogens is 1. The van der Waals surface area contributed by atoms with Gasteiger partial charge in [-0.15, -0.1) is 11.6 Å². The van der Waals surface area contributed by atoms with Gasteiger partial charge in [-0.25, -0.2) is 0 Å². The third kappa shape index (κ3) is 3.24. The van der Waals surface area contributed by atoms with E-state index in [0.29, 0.717) is 11.8 Å². The first-order valence-electron chi connectivity index (χ1n) is 5.80. The smallest absolute Gasteiger partial charge is 0.0399 e. The van der Waals surface area contributed by atoms with E-state index in [2.05, 4.69) is 52.0 Å². The topological polar surface area (TPSA) is 0 Å². The Kier molecular flexibility index (Phi) is 4.66. The predicted molar refractivity (Wildman–Crippen MR) is 68.9 cm³/mol. The first-order chi connectivity index (χ1) is 7.06. The van der Waals surface area contributed by atoms with Crippen LogP contribution in [0.4, 0.5) is 0 Å². The second-order valence-corrected chi connectivity index (χ2v) is 5.09. The van der Waals surface area contributed by atoms with Crippen molar-refractivity contribution in [3.8, 4) is 0 Å². The quantitative estimate of drug-likeness (QED) is 0.637. The Morgan fingerprint density at radius 1 is 1.00 bits per heavy atom. The lowest BCUT2D eigenvalue weighted by molar-refractivity contribution is 0.674. The molecule has 1 rings (SSSR count). The van der Waals surface area contributed by atoms with Gasteiger partial charge in [-0.1, -0.05) is 52.0 Å². The summed E-state index contributed by atoms with van der Waals surface area (Å²) in [6, 6.07) is 8.86. The molecule has 0 aliphatic carbocycles. The van der Waals surface area contributed by atoms with Crippen molar-refractivity contribution in [3.05, 3.63) is 35.4 Å². The summed E-state index contributed by atoms with van der Waals surface area (Å²) in [5.41, 5.74) is 2.75. The minimum Gasteiger partial charge on any atom is -0.122 e. The molecule has 1 heteroatoms. The molecule has 1 aromatic carbocycles. The first-order valence-corrected chi connectivity index (χ1v) is 6.23. The molecule has 0 aliphatic heterocycles. The lowest BCUT2D eigenvalue weighted by atomic mass is 9.93. The molecule has 0 radical (unpaired) electrons. The number of alkyl halides is 1. The van der Waals surface area contributed by atoms with Crippen molar-refractivity contribution in [2.24, 2.45) is 0 Å². The van der Waals surface area contributed by atoms with Crippen LogP contribution in [0.1, 0.15) is 57.1 Å². The standard InChI is InChI=1S/C14H21Cl/c1-5-14(15)11(4)13-8-6-12(7-9-13)10(2)3/h6-11,14H,5H2,1-4H3. The monoisotopic (exact) mass is 224 g/mol. The normalized spacial score (nSPS) is 15.3. The van der Waals surface area contributed by atoms with Crippen molar-refractivity contribution in [1.29, 1.82) is 0 Å². The molecule has 84 valence electrons. The van der Waals surface area contributed by atoms with Gasteiger partial charge in [0.15, 0.2) is 0 Å². The van der Waals surface area contributed by atoms with Gasteiger partial charge >= 0.3 is 0 Å². The number of benzene rings is 1. The van der Waals surface area contributed by atoms with E-state index in [-0.39, 0.29) is 5.38 Å². The Balaban J connectivity index is 2.79. The van der Waals surface area contributed by atoms with E-state index in [1.54, 1.807) is 0 Å². The van der Waals surface area contributed by atoms with Crippen LogP contribution in [0.3, 0.4) is 0 Å². The van der Waals surface area contributed by atoms with Crippen molar-refractivity contribution in [1.82, 2.24) is 0 Å². The second-order valence-electron chi connectivity index (χ2n) is 4.53. The van der Waals surface area contributed by atoms with Crippen molar-refractivity contribution in [2.45, 2.75) is 51.3 Å². The molecule has 0 N–H and O–H groups in total. The highest BCUT2D eigenvalue weighted by Crippen LogP contribution is 2.26. The molecular weight excluding hydrogens is 204 g/mol. The SMILES string of the molecule is CCC(Cl)C(C)c1ccc(C(C)C)cc1. The Labute approximate surface area is 98.7 Å². The zero-order valence-electron chi connectivity index (χ0n) is 10.1. The van der Waals surface area contributed by atoms with Gasteiger partial charge in [-0.05, 0) is 29.4 Å². The fraction of sp³-hybridized carbons (Fsp3) is 0.571. The highest BCUT2D eigenvalue weighted by atomic mass is 35.5. The molecule has 0 fully saturated rings. The molecule has 0 amide bonds. The average molecular weight is 225 g/mol. The summed E-state index contributed by atoms with van der Waals surface area (Å²) in [5.74, 6) is 1.05. The lowest BCUT2D eigenvalue weighted by Gasteiger charge is -2.17. The van der Waals surface area contributed by atoms with E-state index in [1.807, 2.05) is 0 Å². The molecule has 0 aliphatic rings. The van der Waals surface area contributed by atoms with Gasteiger partial charge in [0.2, 0.25) is 0 Å². The second kappa shape index (κ2) is 5.55. The summed E-state index contributed by atoms with van der Waals surface area (Å²) in [5, 5.41) is 0.245. The first kappa shape index (κ1) is 12.6. The minimum atomic E-state index is 0.245. The highest BCUT2D eigenvalue weighted by Gasteiger charge is 2.14. The predicted octanol–water partition coefficient (Wildman–Crippen LogP) is 4.93. The van der Waals surface area contributed by atoms with Gasteiger partial charge in [0.05, 0.1) is 0 Å². The van der Waals surface area contributed by atoms with E-state index in [0.717, 1.165) is 6.42 Å². The summed E-state index contributed by atoms with van der Waals surface area (Å²) >= 11 is 6.25. The van der Waals surface area contributed by atoms with E-state index in [4.69, 9.17) is 11.6 Å². The molecule has 0 aromatic heterocycles. The number of rotatable bonds is 4. The van der Waals surface area contributed by atoms with Crippen LogP contribution >= 0.6 is 11.6 Å². The molecule has 2 atom stereocenters. The maximum Gasteiger partial charge on any atom is 0.0399 e. The zero-order valence-corrected chi connectivity index (χ0v) is 10.9. The van der Waals surface area contributed by atoms with Crippen LogP contribution in [0, 0.1) is 0 Å². The molecule has 0 nitrogen and oxygen atoms in total. The summed E-state index contributed by atoms with van der Waals surface area (Å²) in [6.07, 6.45) is 1.02. The summed E-state index contributed by atoms with van der Waals surface area (Å²) in [7, 11) is 0. The Bertz CT molecular complexity index is 287. The van der Waals surface area contributed by atoms with E-state index < -0.39 is 0 Å². The van der Waals surface area contributed by atoms with Crippen LogP contribution in [-0.2, 0) is 0 Å².